The van der Waals surface area contributed by atoms with Crippen LogP contribution in [0, 0.1) is 0 Å². The van der Waals surface area contributed by atoms with Crippen molar-refractivity contribution in [3.8, 4) is 17.2 Å². The first-order valence-corrected chi connectivity index (χ1v) is 9.38. The van der Waals surface area contributed by atoms with Gasteiger partial charge in [-0.2, -0.15) is 0 Å². The minimum atomic E-state index is -0.771. The molecule has 2 aliphatic rings. The number of carbonyl (C=O) groups is 2. The van der Waals surface area contributed by atoms with E-state index in [0.29, 0.717) is 41.7 Å². The summed E-state index contributed by atoms with van der Waals surface area (Å²) < 4.78 is 16.5. The highest BCUT2D eigenvalue weighted by Gasteiger charge is 2.44. The number of carbonyl (C=O) groups excluding carboxylic acids is 2. The summed E-state index contributed by atoms with van der Waals surface area (Å²) in [5.41, 5.74) is 1.24. The molecule has 0 fully saturated rings. The Balaban J connectivity index is 1.85. The lowest BCUT2D eigenvalue weighted by molar-refractivity contribution is -0.118. The first-order valence-electron chi connectivity index (χ1n) is 9.38. The monoisotopic (exact) mass is 395 g/mol. The van der Waals surface area contributed by atoms with Gasteiger partial charge in [-0.15, -0.1) is 0 Å². The van der Waals surface area contributed by atoms with Crippen LogP contribution in [0.1, 0.15) is 24.9 Å². The number of benzene rings is 2. The fraction of sp³-hybridized carbons (Fsp3) is 0.273. The maximum atomic E-state index is 13.0. The average molecular weight is 395 g/mol. The average Bonchev–Trinajstić information content (AvgIpc) is 3.03. The van der Waals surface area contributed by atoms with E-state index in [1.807, 2.05) is 0 Å². The molecule has 4 rings (SSSR count). The standard InChI is InChI=1S/C22H21NO6/c1-3-16(24)19-20(13-5-4-6-15(11-13)27-2)23(22(26)21(19)25)14-7-8-17-18(12-14)29-10-9-28-17/h4-8,11-12,20,25H,3,9-10H2,1-2H3. The van der Waals surface area contributed by atoms with Crippen molar-refractivity contribution in [2.24, 2.45) is 0 Å². The zero-order valence-electron chi connectivity index (χ0n) is 16.2. The number of nitrogens with zero attached hydrogens (tertiary/aromatic N) is 1. The number of amides is 1. The largest absolute Gasteiger partial charge is 0.503 e. The quantitative estimate of drug-likeness (QED) is 0.836. The summed E-state index contributed by atoms with van der Waals surface area (Å²) in [4.78, 5) is 27.1. The molecule has 0 bridgehead atoms. The summed E-state index contributed by atoms with van der Waals surface area (Å²) in [6.45, 7) is 2.56. The van der Waals surface area contributed by atoms with E-state index in [1.165, 1.54) is 4.90 Å². The maximum Gasteiger partial charge on any atom is 0.294 e. The number of methoxy groups -OCH3 is 1. The van der Waals surface area contributed by atoms with Crippen LogP contribution in [-0.4, -0.2) is 37.1 Å². The molecule has 2 aromatic rings. The number of fused-ring (bicyclic) bond motifs is 1. The number of rotatable bonds is 5. The Morgan fingerprint density at radius 1 is 1.17 bits per heavy atom. The lowest BCUT2D eigenvalue weighted by Gasteiger charge is -2.28. The highest BCUT2D eigenvalue weighted by molar-refractivity contribution is 6.16. The summed E-state index contributed by atoms with van der Waals surface area (Å²) in [7, 11) is 1.54. The van der Waals surface area contributed by atoms with E-state index in [-0.39, 0.29) is 17.8 Å². The molecule has 2 aliphatic heterocycles. The number of hydrogen-bond acceptors (Lipinski definition) is 6. The van der Waals surface area contributed by atoms with Crippen LogP contribution in [0.5, 0.6) is 17.2 Å². The van der Waals surface area contributed by atoms with Gasteiger partial charge in [0.25, 0.3) is 5.91 Å². The Morgan fingerprint density at radius 3 is 2.66 bits per heavy atom. The molecule has 1 N–H and O–H groups in total. The molecule has 2 heterocycles. The minimum Gasteiger partial charge on any atom is -0.503 e. The molecule has 0 aliphatic carbocycles. The third-order valence-corrected chi connectivity index (χ3v) is 5.04. The summed E-state index contributed by atoms with van der Waals surface area (Å²) in [5.74, 6) is 0.244. The fourth-order valence-electron chi connectivity index (χ4n) is 3.66. The van der Waals surface area contributed by atoms with Crippen LogP contribution < -0.4 is 19.1 Å². The fourth-order valence-corrected chi connectivity index (χ4v) is 3.66. The van der Waals surface area contributed by atoms with Gasteiger partial charge in [-0.3, -0.25) is 14.5 Å². The SMILES string of the molecule is CCC(=O)C1=C(O)C(=O)N(c2ccc3c(c2)OCCO3)C1c1cccc(OC)c1. The van der Waals surface area contributed by atoms with E-state index in [9.17, 15) is 14.7 Å². The van der Waals surface area contributed by atoms with Crippen molar-refractivity contribution >= 4 is 17.4 Å². The van der Waals surface area contributed by atoms with Crippen molar-refractivity contribution in [2.45, 2.75) is 19.4 Å². The predicted molar refractivity (Wildman–Crippen MR) is 106 cm³/mol. The van der Waals surface area contributed by atoms with Gasteiger partial charge in [-0.05, 0) is 29.8 Å². The molecule has 0 saturated heterocycles. The Bertz CT molecular complexity index is 1010. The molecule has 0 saturated carbocycles. The van der Waals surface area contributed by atoms with Gasteiger partial charge in [-0.1, -0.05) is 19.1 Å². The van der Waals surface area contributed by atoms with E-state index in [4.69, 9.17) is 14.2 Å². The van der Waals surface area contributed by atoms with Crippen LogP contribution >= 0.6 is 0 Å². The zero-order valence-corrected chi connectivity index (χ0v) is 16.2. The van der Waals surface area contributed by atoms with Gasteiger partial charge in [-0.25, -0.2) is 0 Å². The van der Waals surface area contributed by atoms with Crippen LogP contribution in [0.2, 0.25) is 0 Å². The van der Waals surface area contributed by atoms with E-state index < -0.39 is 17.7 Å². The highest BCUT2D eigenvalue weighted by atomic mass is 16.6. The van der Waals surface area contributed by atoms with Gasteiger partial charge < -0.3 is 19.3 Å². The summed E-state index contributed by atoms with van der Waals surface area (Å²) in [5, 5.41) is 10.6. The van der Waals surface area contributed by atoms with Crippen LogP contribution in [-0.2, 0) is 9.59 Å². The van der Waals surface area contributed by atoms with Gasteiger partial charge >= 0.3 is 0 Å². The van der Waals surface area contributed by atoms with E-state index >= 15 is 0 Å². The van der Waals surface area contributed by atoms with Crippen LogP contribution in [0.4, 0.5) is 5.69 Å². The van der Waals surface area contributed by atoms with Crippen molar-refractivity contribution in [3.63, 3.8) is 0 Å². The first kappa shape index (κ1) is 18.9. The molecule has 0 spiro atoms. The highest BCUT2D eigenvalue weighted by Crippen LogP contribution is 2.44. The van der Waals surface area contributed by atoms with Crippen molar-refractivity contribution < 1.29 is 28.9 Å². The Kier molecular flexibility index (Phi) is 4.88. The van der Waals surface area contributed by atoms with Crippen LogP contribution in [0.3, 0.4) is 0 Å². The first-order chi connectivity index (χ1) is 14.0. The summed E-state index contributed by atoms with van der Waals surface area (Å²) >= 11 is 0. The number of hydrogen-bond donors (Lipinski definition) is 1. The molecule has 2 aromatic carbocycles. The topological polar surface area (TPSA) is 85.3 Å². The smallest absolute Gasteiger partial charge is 0.294 e. The maximum absolute atomic E-state index is 13.0. The van der Waals surface area contributed by atoms with E-state index in [1.54, 1.807) is 56.5 Å². The Labute approximate surface area is 168 Å². The second-order valence-electron chi connectivity index (χ2n) is 6.72. The lowest BCUT2D eigenvalue weighted by Crippen LogP contribution is -2.31. The normalized spacial score (nSPS) is 18.2. The van der Waals surface area contributed by atoms with Crippen LogP contribution in [0.25, 0.3) is 0 Å². The van der Waals surface area contributed by atoms with Gasteiger partial charge in [0, 0.05) is 18.2 Å². The molecule has 0 radical (unpaired) electrons. The third-order valence-electron chi connectivity index (χ3n) is 5.04. The molecule has 29 heavy (non-hydrogen) atoms. The molecule has 150 valence electrons. The Morgan fingerprint density at radius 2 is 1.93 bits per heavy atom. The lowest BCUT2D eigenvalue weighted by atomic mass is 9.94. The third kappa shape index (κ3) is 3.18. The number of aliphatic hydroxyl groups is 1. The van der Waals surface area contributed by atoms with Gasteiger partial charge in [0.15, 0.2) is 23.0 Å². The van der Waals surface area contributed by atoms with Gasteiger partial charge in [0.05, 0.1) is 18.7 Å². The molecule has 7 heteroatoms. The number of ether oxygens (including phenoxy) is 3. The van der Waals surface area contributed by atoms with E-state index in [2.05, 4.69) is 0 Å². The van der Waals surface area contributed by atoms with Crippen molar-refractivity contribution in [1.82, 2.24) is 0 Å². The van der Waals surface area contributed by atoms with Crippen molar-refractivity contribution in [1.29, 1.82) is 0 Å². The van der Waals surface area contributed by atoms with E-state index in [0.717, 1.165) is 0 Å². The molecular formula is C22H21NO6. The molecule has 1 unspecified atom stereocenters. The minimum absolute atomic E-state index is 0.0839. The molecule has 1 atom stereocenters. The molecule has 7 nitrogen and oxygen atoms in total. The number of Topliss-reactive ketones (excluding diaryl/α,β-unsaturated/α-hetero) is 1. The van der Waals surface area contributed by atoms with Gasteiger partial charge in [0.2, 0.25) is 0 Å². The van der Waals surface area contributed by atoms with Gasteiger partial charge in [0.1, 0.15) is 19.0 Å². The molecule has 0 aromatic heterocycles. The van der Waals surface area contributed by atoms with Crippen molar-refractivity contribution in [3.05, 3.63) is 59.4 Å². The number of ketones is 1. The van der Waals surface area contributed by atoms with Crippen molar-refractivity contribution in [2.75, 3.05) is 25.2 Å². The Hall–Kier alpha value is -3.48. The zero-order chi connectivity index (χ0) is 20.5. The summed E-state index contributed by atoms with van der Waals surface area (Å²) in [6, 6.07) is 11.5. The van der Waals surface area contributed by atoms with Crippen LogP contribution in [0.15, 0.2) is 53.8 Å². The second-order valence-corrected chi connectivity index (χ2v) is 6.72. The summed E-state index contributed by atoms with van der Waals surface area (Å²) in [6.07, 6.45) is 0.169. The molecule has 1 amide bonds. The number of anilines is 1. The molecular weight excluding hydrogens is 374 g/mol. The number of aliphatic hydroxyl groups excluding tert-OH is 1. The predicted octanol–water partition coefficient (Wildman–Crippen LogP) is 3.35. The second kappa shape index (κ2) is 7.50.